The summed E-state index contributed by atoms with van der Waals surface area (Å²) in [6, 6.07) is 6.15. The van der Waals surface area contributed by atoms with Crippen LogP contribution in [0, 0.1) is 6.92 Å². The average Bonchev–Trinajstić information content (AvgIpc) is 2.43. The van der Waals surface area contributed by atoms with Crippen LogP contribution in [0.2, 0.25) is 0 Å². The molecular weight excluding hydrogens is 248 g/mol. The molecule has 2 aromatic heterocycles. The Morgan fingerprint density at radius 1 is 1.30 bits per heavy atom. The molecule has 0 radical (unpaired) electrons. The van der Waals surface area contributed by atoms with Crippen LogP contribution in [0.1, 0.15) is 43.6 Å². The fourth-order valence-corrected chi connectivity index (χ4v) is 2.42. The normalized spacial score (nSPS) is 11.1. The molecular formula is C17H22N2O. The monoisotopic (exact) mass is 270 g/mol. The van der Waals surface area contributed by atoms with Gasteiger partial charge in [0.25, 0.3) is 5.56 Å². The van der Waals surface area contributed by atoms with E-state index in [1.165, 1.54) is 0 Å². The fraction of sp³-hybridized carbons (Fsp3) is 0.412. The van der Waals surface area contributed by atoms with Crippen molar-refractivity contribution in [1.82, 2.24) is 9.55 Å². The van der Waals surface area contributed by atoms with Gasteiger partial charge in [0, 0.05) is 35.6 Å². The molecule has 2 heterocycles. The largest absolute Gasteiger partial charge is 0.318 e. The maximum atomic E-state index is 11.8. The Morgan fingerprint density at radius 3 is 2.55 bits per heavy atom. The van der Waals surface area contributed by atoms with Gasteiger partial charge in [0.2, 0.25) is 0 Å². The van der Waals surface area contributed by atoms with Gasteiger partial charge < -0.3 is 4.57 Å². The van der Waals surface area contributed by atoms with E-state index in [9.17, 15) is 4.79 Å². The zero-order valence-corrected chi connectivity index (χ0v) is 12.9. The van der Waals surface area contributed by atoms with E-state index in [0.29, 0.717) is 5.92 Å². The van der Waals surface area contributed by atoms with E-state index in [4.69, 9.17) is 4.98 Å². The zero-order valence-electron chi connectivity index (χ0n) is 12.9. The SMILES string of the molecule is CCc1ccc(-c2cc(C)c(=O)n(C)c2)c(C(C)C)n1. The van der Waals surface area contributed by atoms with Crippen molar-refractivity contribution >= 4 is 0 Å². The van der Waals surface area contributed by atoms with Crippen LogP contribution in [0.5, 0.6) is 0 Å². The van der Waals surface area contributed by atoms with E-state index in [1.54, 1.807) is 11.6 Å². The van der Waals surface area contributed by atoms with Gasteiger partial charge in [0.1, 0.15) is 0 Å². The fourth-order valence-electron chi connectivity index (χ4n) is 2.42. The van der Waals surface area contributed by atoms with E-state index < -0.39 is 0 Å². The molecule has 106 valence electrons. The van der Waals surface area contributed by atoms with Crippen molar-refractivity contribution in [2.24, 2.45) is 7.05 Å². The number of hydrogen-bond donors (Lipinski definition) is 0. The van der Waals surface area contributed by atoms with Crippen molar-refractivity contribution in [3.63, 3.8) is 0 Å². The second kappa shape index (κ2) is 5.61. The van der Waals surface area contributed by atoms with E-state index in [-0.39, 0.29) is 5.56 Å². The summed E-state index contributed by atoms with van der Waals surface area (Å²) in [6.45, 7) is 8.28. The predicted octanol–water partition coefficient (Wildman–Crippen LogP) is 3.44. The summed E-state index contributed by atoms with van der Waals surface area (Å²) in [5, 5.41) is 0. The van der Waals surface area contributed by atoms with Crippen molar-refractivity contribution in [1.29, 1.82) is 0 Å². The van der Waals surface area contributed by atoms with Crippen LogP contribution in [-0.2, 0) is 13.5 Å². The Bertz CT molecular complexity index is 658. The maximum absolute atomic E-state index is 11.8. The second-order valence-corrected chi connectivity index (χ2v) is 5.57. The van der Waals surface area contributed by atoms with Gasteiger partial charge in [-0.3, -0.25) is 9.78 Å². The van der Waals surface area contributed by atoms with Crippen molar-refractivity contribution in [3.05, 3.63) is 51.7 Å². The summed E-state index contributed by atoms with van der Waals surface area (Å²) in [6.07, 6.45) is 2.83. The minimum atomic E-state index is 0.0537. The lowest BCUT2D eigenvalue weighted by atomic mass is 9.97. The van der Waals surface area contributed by atoms with Crippen molar-refractivity contribution in [3.8, 4) is 11.1 Å². The molecule has 0 fully saturated rings. The summed E-state index contributed by atoms with van der Waals surface area (Å²) >= 11 is 0. The van der Waals surface area contributed by atoms with Gasteiger partial charge in [0.05, 0.1) is 5.69 Å². The third kappa shape index (κ3) is 2.67. The van der Waals surface area contributed by atoms with Gasteiger partial charge in [-0.25, -0.2) is 0 Å². The van der Waals surface area contributed by atoms with Crippen LogP contribution in [0.4, 0.5) is 0 Å². The lowest BCUT2D eigenvalue weighted by Crippen LogP contribution is -2.18. The molecule has 0 N–H and O–H groups in total. The smallest absolute Gasteiger partial charge is 0.253 e. The number of rotatable bonds is 3. The molecule has 0 spiro atoms. The zero-order chi connectivity index (χ0) is 14.9. The molecule has 0 bridgehead atoms. The van der Waals surface area contributed by atoms with Crippen LogP contribution in [-0.4, -0.2) is 9.55 Å². The molecule has 0 aliphatic carbocycles. The first-order valence-electron chi connectivity index (χ1n) is 7.11. The number of aromatic nitrogens is 2. The molecule has 0 saturated heterocycles. The molecule has 3 heteroatoms. The van der Waals surface area contributed by atoms with Gasteiger partial charge >= 0.3 is 0 Å². The van der Waals surface area contributed by atoms with Crippen LogP contribution >= 0.6 is 0 Å². The van der Waals surface area contributed by atoms with E-state index in [0.717, 1.165) is 34.5 Å². The summed E-state index contributed by atoms with van der Waals surface area (Å²) in [7, 11) is 1.79. The van der Waals surface area contributed by atoms with Gasteiger partial charge in [-0.05, 0) is 31.4 Å². The van der Waals surface area contributed by atoms with E-state index in [1.807, 2.05) is 19.2 Å². The van der Waals surface area contributed by atoms with Crippen LogP contribution < -0.4 is 5.56 Å². The number of nitrogens with zero attached hydrogens (tertiary/aromatic N) is 2. The van der Waals surface area contributed by atoms with Crippen molar-refractivity contribution < 1.29 is 0 Å². The summed E-state index contributed by atoms with van der Waals surface area (Å²) in [4.78, 5) is 16.6. The summed E-state index contributed by atoms with van der Waals surface area (Å²) in [5.74, 6) is 0.356. The minimum absolute atomic E-state index is 0.0537. The Morgan fingerprint density at radius 2 is 2.00 bits per heavy atom. The molecule has 0 atom stereocenters. The Balaban J connectivity index is 2.66. The third-order valence-corrected chi connectivity index (χ3v) is 3.56. The van der Waals surface area contributed by atoms with Gasteiger partial charge in [0.15, 0.2) is 0 Å². The van der Waals surface area contributed by atoms with Crippen molar-refractivity contribution in [2.75, 3.05) is 0 Å². The standard InChI is InChI=1S/C17H22N2O/c1-6-14-7-8-15(16(18-14)11(2)3)13-9-12(4)17(20)19(5)10-13/h7-11H,6H2,1-5H3. The summed E-state index contributed by atoms with van der Waals surface area (Å²) < 4.78 is 1.64. The van der Waals surface area contributed by atoms with E-state index in [2.05, 4.69) is 32.9 Å². The first-order chi connectivity index (χ1) is 9.43. The molecule has 0 unspecified atom stereocenters. The first kappa shape index (κ1) is 14.5. The molecule has 0 aromatic carbocycles. The molecule has 2 rings (SSSR count). The van der Waals surface area contributed by atoms with Crippen LogP contribution in [0.15, 0.2) is 29.2 Å². The quantitative estimate of drug-likeness (QED) is 0.856. The van der Waals surface area contributed by atoms with Gasteiger partial charge in [-0.2, -0.15) is 0 Å². The lowest BCUT2D eigenvalue weighted by molar-refractivity contribution is 0.806. The van der Waals surface area contributed by atoms with Crippen LogP contribution in [0.3, 0.4) is 0 Å². The number of pyridine rings is 2. The van der Waals surface area contributed by atoms with Gasteiger partial charge in [-0.15, -0.1) is 0 Å². The highest BCUT2D eigenvalue weighted by Crippen LogP contribution is 2.28. The minimum Gasteiger partial charge on any atom is -0.318 e. The highest BCUT2D eigenvalue weighted by atomic mass is 16.1. The predicted molar refractivity (Wildman–Crippen MR) is 83.1 cm³/mol. The highest BCUT2D eigenvalue weighted by molar-refractivity contribution is 5.66. The topological polar surface area (TPSA) is 34.9 Å². The third-order valence-electron chi connectivity index (χ3n) is 3.56. The molecule has 2 aromatic rings. The average molecular weight is 270 g/mol. The first-order valence-corrected chi connectivity index (χ1v) is 7.11. The lowest BCUT2D eigenvalue weighted by Gasteiger charge is -2.14. The molecule has 0 aliphatic heterocycles. The molecule has 0 saturated carbocycles. The number of hydrogen-bond acceptors (Lipinski definition) is 2. The summed E-state index contributed by atoms with van der Waals surface area (Å²) in [5.41, 5.74) is 5.21. The second-order valence-electron chi connectivity index (χ2n) is 5.57. The van der Waals surface area contributed by atoms with Crippen molar-refractivity contribution in [2.45, 2.75) is 40.0 Å². The van der Waals surface area contributed by atoms with E-state index >= 15 is 0 Å². The Kier molecular flexibility index (Phi) is 4.07. The highest BCUT2D eigenvalue weighted by Gasteiger charge is 2.12. The maximum Gasteiger partial charge on any atom is 0.253 e. The Labute approximate surface area is 120 Å². The Hall–Kier alpha value is -1.90. The molecule has 20 heavy (non-hydrogen) atoms. The molecule has 3 nitrogen and oxygen atoms in total. The number of aryl methyl sites for hydroxylation is 3. The van der Waals surface area contributed by atoms with Crippen LogP contribution in [0.25, 0.3) is 11.1 Å². The molecule has 0 aliphatic rings. The molecule has 0 amide bonds. The van der Waals surface area contributed by atoms with Gasteiger partial charge in [-0.1, -0.05) is 26.8 Å².